The number of hydrogen-bond acceptors (Lipinski definition) is 1. The first-order chi connectivity index (χ1) is 8.24. The van der Waals surface area contributed by atoms with Gasteiger partial charge in [0.1, 0.15) is 17.8 Å². The lowest BCUT2D eigenvalue weighted by molar-refractivity contribution is 0.481. The molecular formula is C15H21OS+. The molecule has 1 N–H and O–H groups in total. The first-order valence-corrected chi connectivity index (χ1v) is 7.87. The summed E-state index contributed by atoms with van der Waals surface area (Å²) in [4.78, 5) is 1.35. The van der Waals surface area contributed by atoms with Gasteiger partial charge in [0, 0.05) is 21.7 Å². The molecule has 0 heterocycles. The summed E-state index contributed by atoms with van der Waals surface area (Å²) < 4.78 is 0. The van der Waals surface area contributed by atoms with Crippen LogP contribution in [-0.2, 0) is 10.9 Å². The molecule has 0 aromatic heterocycles. The van der Waals surface area contributed by atoms with Crippen LogP contribution in [0.15, 0.2) is 41.3 Å². The molecule has 0 aliphatic rings. The molecule has 0 aliphatic carbocycles. The zero-order chi connectivity index (χ0) is 12.8. The Morgan fingerprint density at radius 2 is 1.59 bits per heavy atom. The van der Waals surface area contributed by atoms with E-state index in [1.165, 1.54) is 10.3 Å². The Hall–Kier alpha value is -1.15. The van der Waals surface area contributed by atoms with Crippen LogP contribution in [0.25, 0.3) is 10.8 Å². The predicted molar refractivity (Wildman–Crippen MR) is 79.1 cm³/mol. The molecule has 0 saturated carbocycles. The van der Waals surface area contributed by atoms with Crippen molar-refractivity contribution in [2.75, 3.05) is 12.0 Å². The van der Waals surface area contributed by atoms with Crippen LogP contribution in [0, 0.1) is 0 Å². The average Bonchev–Trinajstić information content (AvgIpc) is 2.41. The number of fused-ring (bicyclic) bond motifs is 1. The highest BCUT2D eigenvalue weighted by Gasteiger charge is 2.17. The number of phenols is 1. The van der Waals surface area contributed by atoms with Crippen molar-refractivity contribution in [1.82, 2.24) is 0 Å². The van der Waals surface area contributed by atoms with Crippen molar-refractivity contribution in [1.29, 1.82) is 0 Å². The molecule has 2 rings (SSSR count). The fraction of sp³-hybridized carbons (Fsp3) is 0.333. The lowest BCUT2D eigenvalue weighted by Crippen LogP contribution is -2.02. The highest BCUT2D eigenvalue weighted by Crippen LogP contribution is 2.30. The minimum absolute atomic E-state index is 0.266. The molecule has 0 bridgehead atoms. The van der Waals surface area contributed by atoms with Gasteiger partial charge in [-0.2, -0.15) is 0 Å². The first-order valence-electron chi connectivity index (χ1n) is 6.07. The van der Waals surface area contributed by atoms with Gasteiger partial charge in [-0.05, 0) is 25.1 Å². The van der Waals surface area contributed by atoms with Gasteiger partial charge in [0.05, 0.1) is 0 Å². The van der Waals surface area contributed by atoms with Crippen LogP contribution < -0.4 is 0 Å². The van der Waals surface area contributed by atoms with Crippen molar-refractivity contribution in [3.8, 4) is 5.75 Å². The Morgan fingerprint density at radius 1 is 1.00 bits per heavy atom. The smallest absolute Gasteiger partial charge is 0.162 e. The van der Waals surface area contributed by atoms with Crippen LogP contribution in [0.5, 0.6) is 5.75 Å². The van der Waals surface area contributed by atoms with E-state index in [2.05, 4.69) is 19.2 Å². The number of hydrogen-bond donors (Lipinski definition) is 1. The fourth-order valence-corrected chi connectivity index (χ4v) is 2.88. The molecule has 0 saturated heterocycles. The van der Waals surface area contributed by atoms with Crippen LogP contribution in [0.3, 0.4) is 0 Å². The number of phenolic OH excluding ortho intramolecular Hbond substituents is 1. The van der Waals surface area contributed by atoms with Gasteiger partial charge in [0.25, 0.3) is 0 Å². The molecule has 0 fully saturated rings. The predicted octanol–water partition coefficient (Wildman–Crippen LogP) is 4.20. The molecule has 2 aromatic rings. The Kier molecular flexibility index (Phi) is 5.36. The van der Waals surface area contributed by atoms with Gasteiger partial charge in [0.15, 0.2) is 4.90 Å². The third kappa shape index (κ3) is 2.95. The molecule has 92 valence electrons. The summed E-state index contributed by atoms with van der Waals surface area (Å²) in [6.07, 6.45) is 2.25. The molecule has 0 aliphatic heterocycles. The normalized spacial score (nSPS) is 11.8. The van der Waals surface area contributed by atoms with E-state index in [1.807, 2.05) is 38.1 Å². The summed E-state index contributed by atoms with van der Waals surface area (Å²) >= 11 is 0. The van der Waals surface area contributed by atoms with E-state index in [-0.39, 0.29) is 10.9 Å². The molecule has 1 nitrogen and oxygen atoms in total. The van der Waals surface area contributed by atoms with Crippen molar-refractivity contribution >= 4 is 21.7 Å². The summed E-state index contributed by atoms with van der Waals surface area (Å²) in [5.74, 6) is 1.52. The largest absolute Gasteiger partial charge is 0.507 e. The highest BCUT2D eigenvalue weighted by molar-refractivity contribution is 7.96. The topological polar surface area (TPSA) is 20.2 Å². The highest BCUT2D eigenvalue weighted by atomic mass is 32.2. The van der Waals surface area contributed by atoms with E-state index in [9.17, 15) is 5.11 Å². The maximum Gasteiger partial charge on any atom is 0.162 e. The minimum atomic E-state index is 0.266. The van der Waals surface area contributed by atoms with E-state index in [0.717, 1.165) is 11.1 Å². The van der Waals surface area contributed by atoms with Crippen molar-refractivity contribution in [2.45, 2.75) is 25.7 Å². The van der Waals surface area contributed by atoms with Gasteiger partial charge in [-0.15, -0.1) is 0 Å². The van der Waals surface area contributed by atoms with Crippen molar-refractivity contribution < 1.29 is 5.11 Å². The second-order valence-corrected chi connectivity index (χ2v) is 5.85. The van der Waals surface area contributed by atoms with Crippen molar-refractivity contribution in [3.63, 3.8) is 0 Å². The summed E-state index contributed by atoms with van der Waals surface area (Å²) in [6.45, 7) is 6.20. The van der Waals surface area contributed by atoms with Gasteiger partial charge >= 0.3 is 0 Å². The molecule has 17 heavy (non-hydrogen) atoms. The van der Waals surface area contributed by atoms with E-state index < -0.39 is 0 Å². The summed E-state index contributed by atoms with van der Waals surface area (Å²) in [5, 5.41) is 11.9. The molecular weight excluding hydrogens is 228 g/mol. The first kappa shape index (κ1) is 13.9. The summed E-state index contributed by atoms with van der Waals surface area (Å²) in [7, 11) is 0.266. The molecule has 2 heteroatoms. The van der Waals surface area contributed by atoms with Crippen LogP contribution in [0.2, 0.25) is 0 Å². The van der Waals surface area contributed by atoms with E-state index in [0.29, 0.717) is 5.75 Å². The maximum absolute atomic E-state index is 9.75. The Labute approximate surface area is 107 Å². The summed E-state index contributed by atoms with van der Waals surface area (Å²) in [5.41, 5.74) is 0. The second kappa shape index (κ2) is 6.55. The van der Waals surface area contributed by atoms with Gasteiger partial charge in [-0.3, -0.25) is 0 Å². The standard InChI is InChI=1S/C13H14OS.C2H6/c1-3-15(2)13-9-8-12(14)10-6-4-5-7-11(10)13;1-2/h4-9H,3H2,1-2H3;1-2H3/p+1. The Morgan fingerprint density at radius 3 is 2.18 bits per heavy atom. The lowest BCUT2D eigenvalue weighted by Gasteiger charge is -2.06. The number of rotatable bonds is 2. The van der Waals surface area contributed by atoms with Gasteiger partial charge < -0.3 is 5.11 Å². The maximum atomic E-state index is 9.75. The monoisotopic (exact) mass is 249 g/mol. The fourth-order valence-electron chi connectivity index (χ4n) is 1.71. The quantitative estimate of drug-likeness (QED) is 0.791. The Balaban J connectivity index is 0.000000686. The number of benzene rings is 2. The number of aromatic hydroxyl groups is 1. The van der Waals surface area contributed by atoms with Gasteiger partial charge in [-0.1, -0.05) is 32.0 Å². The zero-order valence-corrected chi connectivity index (χ0v) is 11.8. The van der Waals surface area contributed by atoms with Crippen LogP contribution in [-0.4, -0.2) is 17.1 Å². The van der Waals surface area contributed by atoms with E-state index in [4.69, 9.17) is 0 Å². The third-order valence-electron chi connectivity index (χ3n) is 2.67. The van der Waals surface area contributed by atoms with Crippen molar-refractivity contribution in [2.24, 2.45) is 0 Å². The molecule has 1 unspecified atom stereocenters. The molecule has 0 spiro atoms. The Bertz CT molecular complexity index is 479. The molecule has 0 radical (unpaired) electrons. The lowest BCUT2D eigenvalue weighted by atomic mass is 10.1. The zero-order valence-electron chi connectivity index (χ0n) is 11.0. The van der Waals surface area contributed by atoms with Crippen LogP contribution >= 0.6 is 0 Å². The van der Waals surface area contributed by atoms with E-state index in [1.54, 1.807) is 6.07 Å². The molecule has 1 atom stereocenters. The van der Waals surface area contributed by atoms with Crippen LogP contribution in [0.4, 0.5) is 0 Å². The van der Waals surface area contributed by atoms with Gasteiger partial charge in [-0.25, -0.2) is 0 Å². The third-order valence-corrected chi connectivity index (χ3v) is 4.64. The minimum Gasteiger partial charge on any atom is -0.507 e. The second-order valence-electron chi connectivity index (χ2n) is 3.55. The van der Waals surface area contributed by atoms with Crippen molar-refractivity contribution in [3.05, 3.63) is 36.4 Å². The van der Waals surface area contributed by atoms with Gasteiger partial charge in [0.2, 0.25) is 0 Å². The van der Waals surface area contributed by atoms with Crippen LogP contribution in [0.1, 0.15) is 20.8 Å². The van der Waals surface area contributed by atoms with E-state index >= 15 is 0 Å². The summed E-state index contributed by atoms with van der Waals surface area (Å²) in [6, 6.07) is 11.9. The SMILES string of the molecule is CC.CC[S+](C)c1ccc(O)c2ccccc12. The molecule has 0 amide bonds. The molecule has 2 aromatic carbocycles. The average molecular weight is 249 g/mol.